The Hall–Kier alpha value is -2.77. The molecule has 8 nitrogen and oxygen atoms in total. The Labute approximate surface area is 132 Å². The highest BCUT2D eigenvalue weighted by Gasteiger charge is 2.26. The van der Waals surface area contributed by atoms with Crippen molar-refractivity contribution >= 4 is 23.2 Å². The van der Waals surface area contributed by atoms with Gasteiger partial charge in [-0.05, 0) is 26.0 Å². The van der Waals surface area contributed by atoms with E-state index in [-0.39, 0.29) is 12.5 Å². The summed E-state index contributed by atoms with van der Waals surface area (Å²) >= 11 is 0. The first-order valence-corrected chi connectivity index (χ1v) is 7.07. The molecule has 0 radical (unpaired) electrons. The van der Waals surface area contributed by atoms with Crippen LogP contribution in [0.5, 0.6) is 5.75 Å². The van der Waals surface area contributed by atoms with Crippen LogP contribution >= 0.6 is 0 Å². The van der Waals surface area contributed by atoms with Crippen molar-refractivity contribution in [1.29, 1.82) is 0 Å². The topological polar surface area (TPSA) is 97.1 Å². The van der Waals surface area contributed by atoms with E-state index >= 15 is 0 Å². The maximum atomic E-state index is 11.4. The standard InChI is InChI=1S/C15H17NO7/c1-4-19-10-6-7-12-11(8-10)16-13(22-12)14(21-9(3)17)23-15(18)20-5-2/h6-8,14H,4-5H2,1-3H3. The van der Waals surface area contributed by atoms with Gasteiger partial charge in [0.15, 0.2) is 5.58 Å². The predicted molar refractivity (Wildman–Crippen MR) is 77.8 cm³/mol. The van der Waals surface area contributed by atoms with Crippen LogP contribution in [0.15, 0.2) is 22.6 Å². The molecule has 1 aromatic heterocycles. The van der Waals surface area contributed by atoms with Crippen molar-refractivity contribution in [3.8, 4) is 5.75 Å². The highest BCUT2D eigenvalue weighted by Crippen LogP contribution is 2.27. The Balaban J connectivity index is 2.27. The molecular formula is C15H17NO7. The van der Waals surface area contributed by atoms with Crippen LogP contribution in [0, 0.1) is 0 Å². The van der Waals surface area contributed by atoms with Crippen LogP contribution in [-0.4, -0.2) is 30.3 Å². The van der Waals surface area contributed by atoms with Crippen molar-refractivity contribution in [1.82, 2.24) is 4.98 Å². The molecule has 0 saturated heterocycles. The summed E-state index contributed by atoms with van der Waals surface area (Å²) in [6.07, 6.45) is -2.41. The van der Waals surface area contributed by atoms with Crippen LogP contribution in [0.3, 0.4) is 0 Å². The average molecular weight is 323 g/mol. The maximum Gasteiger partial charge on any atom is 0.511 e. The number of benzene rings is 1. The summed E-state index contributed by atoms with van der Waals surface area (Å²) in [6.45, 7) is 5.30. The number of ether oxygens (including phenoxy) is 4. The zero-order valence-electron chi connectivity index (χ0n) is 13.0. The molecule has 124 valence electrons. The van der Waals surface area contributed by atoms with E-state index in [4.69, 9.17) is 18.6 Å². The van der Waals surface area contributed by atoms with E-state index in [9.17, 15) is 9.59 Å². The highest BCUT2D eigenvalue weighted by molar-refractivity contribution is 5.74. The van der Waals surface area contributed by atoms with Gasteiger partial charge in [0.1, 0.15) is 11.3 Å². The number of aromatic nitrogens is 1. The number of carbonyl (C=O) groups is 2. The molecule has 0 N–H and O–H groups in total. The molecule has 0 spiro atoms. The highest BCUT2D eigenvalue weighted by atomic mass is 16.8. The summed E-state index contributed by atoms with van der Waals surface area (Å²) in [5, 5.41) is 0. The second kappa shape index (κ2) is 7.48. The van der Waals surface area contributed by atoms with Gasteiger partial charge in [0.05, 0.1) is 13.2 Å². The number of nitrogens with zero attached hydrogens (tertiary/aromatic N) is 1. The minimum absolute atomic E-state index is 0.0723. The van der Waals surface area contributed by atoms with E-state index in [1.807, 2.05) is 6.92 Å². The summed E-state index contributed by atoms with van der Waals surface area (Å²) in [6, 6.07) is 5.04. The largest absolute Gasteiger partial charge is 0.511 e. The number of oxazole rings is 1. The Morgan fingerprint density at radius 2 is 2.00 bits per heavy atom. The van der Waals surface area contributed by atoms with Crippen molar-refractivity contribution in [2.45, 2.75) is 27.1 Å². The summed E-state index contributed by atoms with van der Waals surface area (Å²) in [5.41, 5.74) is 0.920. The molecule has 0 amide bonds. The fourth-order valence-corrected chi connectivity index (χ4v) is 1.80. The van der Waals surface area contributed by atoms with E-state index in [1.165, 1.54) is 6.92 Å². The quantitative estimate of drug-likeness (QED) is 0.591. The lowest BCUT2D eigenvalue weighted by Gasteiger charge is -2.13. The molecule has 0 aliphatic heterocycles. The van der Waals surface area contributed by atoms with E-state index in [0.717, 1.165) is 0 Å². The molecule has 1 unspecified atom stereocenters. The Morgan fingerprint density at radius 1 is 1.22 bits per heavy atom. The molecule has 0 fully saturated rings. The third-order valence-electron chi connectivity index (χ3n) is 2.63. The second-order valence-electron chi connectivity index (χ2n) is 4.36. The van der Waals surface area contributed by atoms with Gasteiger partial charge in [0, 0.05) is 13.0 Å². The first kappa shape index (κ1) is 16.6. The van der Waals surface area contributed by atoms with Crippen molar-refractivity contribution in [3.05, 3.63) is 24.1 Å². The molecular weight excluding hydrogens is 306 g/mol. The van der Waals surface area contributed by atoms with Crippen molar-refractivity contribution < 1.29 is 33.0 Å². The molecule has 1 atom stereocenters. The van der Waals surface area contributed by atoms with Crippen molar-refractivity contribution in [2.75, 3.05) is 13.2 Å². The molecule has 1 aromatic carbocycles. The second-order valence-corrected chi connectivity index (χ2v) is 4.36. The number of hydrogen-bond acceptors (Lipinski definition) is 8. The monoisotopic (exact) mass is 323 g/mol. The van der Waals surface area contributed by atoms with Gasteiger partial charge >= 0.3 is 18.4 Å². The van der Waals surface area contributed by atoms with Crippen LogP contribution in [-0.2, 0) is 19.0 Å². The van der Waals surface area contributed by atoms with E-state index in [2.05, 4.69) is 9.72 Å². The molecule has 1 heterocycles. The van der Waals surface area contributed by atoms with Gasteiger partial charge in [-0.3, -0.25) is 4.79 Å². The van der Waals surface area contributed by atoms with Gasteiger partial charge in [-0.25, -0.2) is 9.78 Å². The van der Waals surface area contributed by atoms with Gasteiger partial charge in [0.2, 0.25) is 0 Å². The number of fused-ring (bicyclic) bond motifs is 1. The van der Waals surface area contributed by atoms with Crippen LogP contribution in [0.4, 0.5) is 4.79 Å². The lowest BCUT2D eigenvalue weighted by atomic mass is 10.3. The number of hydrogen-bond donors (Lipinski definition) is 0. The average Bonchev–Trinajstić information content (AvgIpc) is 2.90. The fourth-order valence-electron chi connectivity index (χ4n) is 1.80. The SMILES string of the molecule is CCOC(=O)OC(OC(C)=O)c1nc2cc(OCC)ccc2o1. The Bertz CT molecular complexity index is 694. The summed E-state index contributed by atoms with van der Waals surface area (Å²) < 4.78 is 25.3. The van der Waals surface area contributed by atoms with Gasteiger partial charge in [0.25, 0.3) is 5.89 Å². The van der Waals surface area contributed by atoms with E-state index in [0.29, 0.717) is 23.5 Å². The van der Waals surface area contributed by atoms with Crippen LogP contribution in [0.2, 0.25) is 0 Å². The summed E-state index contributed by atoms with van der Waals surface area (Å²) in [7, 11) is 0. The zero-order valence-corrected chi connectivity index (χ0v) is 13.0. The van der Waals surface area contributed by atoms with Gasteiger partial charge in [-0.15, -0.1) is 0 Å². The lowest BCUT2D eigenvalue weighted by Crippen LogP contribution is -2.17. The van der Waals surface area contributed by atoms with Gasteiger partial charge < -0.3 is 23.4 Å². The molecule has 8 heteroatoms. The molecule has 23 heavy (non-hydrogen) atoms. The first-order chi connectivity index (χ1) is 11.0. The molecule has 0 saturated carbocycles. The van der Waals surface area contributed by atoms with Crippen molar-refractivity contribution in [3.63, 3.8) is 0 Å². The molecule has 2 rings (SSSR count). The van der Waals surface area contributed by atoms with Crippen LogP contribution < -0.4 is 4.74 Å². The van der Waals surface area contributed by atoms with Crippen LogP contribution in [0.1, 0.15) is 33.0 Å². The minimum atomic E-state index is -1.42. The van der Waals surface area contributed by atoms with Crippen molar-refractivity contribution in [2.24, 2.45) is 0 Å². The predicted octanol–water partition coefficient (Wildman–Crippen LogP) is 2.96. The third-order valence-corrected chi connectivity index (χ3v) is 2.63. The number of esters is 1. The third kappa shape index (κ3) is 4.35. The molecule has 0 aliphatic carbocycles. The van der Waals surface area contributed by atoms with E-state index < -0.39 is 18.4 Å². The summed E-state index contributed by atoms with van der Waals surface area (Å²) in [4.78, 5) is 26.8. The number of rotatable bonds is 6. The summed E-state index contributed by atoms with van der Waals surface area (Å²) in [5.74, 6) is -0.108. The smallest absolute Gasteiger partial charge is 0.494 e. The van der Waals surface area contributed by atoms with E-state index in [1.54, 1.807) is 25.1 Å². The Kier molecular flexibility index (Phi) is 5.40. The first-order valence-electron chi connectivity index (χ1n) is 7.07. The minimum Gasteiger partial charge on any atom is -0.494 e. The zero-order chi connectivity index (χ0) is 16.8. The molecule has 2 aromatic rings. The maximum absolute atomic E-state index is 11.4. The van der Waals surface area contributed by atoms with Gasteiger partial charge in [-0.2, -0.15) is 0 Å². The lowest BCUT2D eigenvalue weighted by molar-refractivity contribution is -0.174. The Morgan fingerprint density at radius 3 is 2.65 bits per heavy atom. The number of carbonyl (C=O) groups excluding carboxylic acids is 2. The fraction of sp³-hybridized carbons (Fsp3) is 0.400. The molecule has 0 aliphatic rings. The molecule has 0 bridgehead atoms. The van der Waals surface area contributed by atoms with Gasteiger partial charge in [-0.1, -0.05) is 0 Å². The normalized spacial score (nSPS) is 11.8. The van der Waals surface area contributed by atoms with Crippen LogP contribution in [0.25, 0.3) is 11.1 Å².